The van der Waals surface area contributed by atoms with Crippen LogP contribution in [0.3, 0.4) is 0 Å². The van der Waals surface area contributed by atoms with Crippen LogP contribution in [0.1, 0.15) is 27.2 Å². The van der Waals surface area contributed by atoms with Gasteiger partial charge in [-0.25, -0.2) is 14.6 Å². The topological polar surface area (TPSA) is 91.1 Å². The van der Waals surface area contributed by atoms with Gasteiger partial charge in [-0.3, -0.25) is 0 Å². The summed E-state index contributed by atoms with van der Waals surface area (Å²) < 4.78 is 27.0. The fourth-order valence-corrected chi connectivity index (χ4v) is 2.32. The molecule has 1 fully saturated rings. The first-order valence-corrected chi connectivity index (χ1v) is 7.12. The molecule has 0 bridgehead atoms. The molecule has 0 aromatic carbocycles. The molecule has 2 heterocycles. The van der Waals surface area contributed by atoms with E-state index in [-0.39, 0.29) is 25.0 Å². The van der Waals surface area contributed by atoms with Gasteiger partial charge < -0.3 is 21.0 Å². The third-order valence-electron chi connectivity index (χ3n) is 3.23. The Balaban J connectivity index is 2.43. The number of nitrogen functional groups attached to an aromatic ring is 1. The molecule has 5 N–H and O–H groups in total. The molecule has 0 unspecified atom stereocenters. The van der Waals surface area contributed by atoms with Gasteiger partial charge in [0.05, 0.1) is 6.54 Å². The molecule has 0 spiro atoms. The number of hydrogen-bond donors (Lipinski definition) is 4. The molecule has 1 saturated heterocycles. The zero-order chi connectivity index (χ0) is 16.5. The van der Waals surface area contributed by atoms with Crippen molar-refractivity contribution in [2.45, 2.75) is 38.7 Å². The number of anilines is 4. The lowest BCUT2D eigenvalue weighted by Gasteiger charge is -2.25. The van der Waals surface area contributed by atoms with E-state index >= 15 is 0 Å². The molecule has 0 saturated carbocycles. The van der Waals surface area contributed by atoms with Crippen LogP contribution in [0.5, 0.6) is 0 Å². The lowest BCUT2D eigenvalue weighted by Crippen LogP contribution is -2.30. The van der Waals surface area contributed by atoms with Gasteiger partial charge in [-0.1, -0.05) is 0 Å². The van der Waals surface area contributed by atoms with Crippen molar-refractivity contribution in [1.82, 2.24) is 9.97 Å². The molecule has 22 heavy (non-hydrogen) atoms. The first kappa shape index (κ1) is 16.5. The van der Waals surface area contributed by atoms with E-state index in [0.29, 0.717) is 23.3 Å². The second-order valence-electron chi connectivity index (χ2n) is 6.39. The molecule has 0 radical (unpaired) electrons. The molecular formula is C13H23F2N7. The standard InChI is InChI=1S/C13H23F2N7/c1-12(2,3)20-11-18-9(21-16)8(17-4)10(19-11)22-6-5-13(14,15)7-22/h17H,5-7,16H2,1-4H3,(H2,18,19,20,21). The minimum atomic E-state index is -2.70. The van der Waals surface area contributed by atoms with Crippen molar-refractivity contribution < 1.29 is 8.78 Å². The Labute approximate surface area is 128 Å². The van der Waals surface area contributed by atoms with E-state index in [2.05, 4.69) is 26.0 Å². The van der Waals surface area contributed by atoms with Crippen molar-refractivity contribution in [2.24, 2.45) is 5.84 Å². The van der Waals surface area contributed by atoms with Crippen LogP contribution in [0.25, 0.3) is 0 Å². The Morgan fingerprint density at radius 2 is 1.95 bits per heavy atom. The zero-order valence-corrected chi connectivity index (χ0v) is 13.3. The molecular weight excluding hydrogens is 292 g/mol. The molecule has 0 atom stereocenters. The third kappa shape index (κ3) is 3.65. The van der Waals surface area contributed by atoms with Gasteiger partial charge in [-0.05, 0) is 20.8 Å². The molecule has 1 aromatic rings. The third-order valence-corrected chi connectivity index (χ3v) is 3.23. The number of nitrogens with zero attached hydrogens (tertiary/aromatic N) is 3. The Bertz CT molecular complexity index is 542. The zero-order valence-electron chi connectivity index (χ0n) is 13.3. The van der Waals surface area contributed by atoms with Gasteiger partial charge in [0.1, 0.15) is 5.69 Å². The van der Waals surface area contributed by atoms with Gasteiger partial charge >= 0.3 is 0 Å². The Kier molecular flexibility index (Phi) is 4.28. The van der Waals surface area contributed by atoms with Gasteiger partial charge in [0.15, 0.2) is 11.6 Å². The van der Waals surface area contributed by atoms with Crippen LogP contribution < -0.4 is 26.8 Å². The molecule has 9 heteroatoms. The van der Waals surface area contributed by atoms with Crippen molar-refractivity contribution >= 4 is 23.3 Å². The van der Waals surface area contributed by atoms with E-state index in [4.69, 9.17) is 5.84 Å². The monoisotopic (exact) mass is 315 g/mol. The summed E-state index contributed by atoms with van der Waals surface area (Å²) in [6.45, 7) is 5.75. The predicted molar refractivity (Wildman–Crippen MR) is 84.5 cm³/mol. The Morgan fingerprint density at radius 1 is 1.27 bits per heavy atom. The predicted octanol–water partition coefficient (Wildman–Crippen LogP) is 1.86. The number of nitrogens with two attached hydrogens (primary N) is 1. The summed E-state index contributed by atoms with van der Waals surface area (Å²) >= 11 is 0. The van der Waals surface area contributed by atoms with Gasteiger partial charge in [-0.2, -0.15) is 9.97 Å². The highest BCUT2D eigenvalue weighted by Crippen LogP contribution is 2.37. The van der Waals surface area contributed by atoms with Crippen LogP contribution in [0.15, 0.2) is 0 Å². The van der Waals surface area contributed by atoms with Crippen molar-refractivity contribution in [3.05, 3.63) is 0 Å². The van der Waals surface area contributed by atoms with E-state index in [0.717, 1.165) is 0 Å². The molecule has 0 amide bonds. The van der Waals surface area contributed by atoms with Gasteiger partial charge in [0.25, 0.3) is 5.92 Å². The number of hydrogen-bond acceptors (Lipinski definition) is 7. The Hall–Kier alpha value is -1.90. The van der Waals surface area contributed by atoms with E-state index in [9.17, 15) is 8.78 Å². The SMILES string of the molecule is CNc1c(NN)nc(NC(C)(C)C)nc1N1CCC(F)(F)C1. The number of aromatic nitrogens is 2. The summed E-state index contributed by atoms with van der Waals surface area (Å²) in [7, 11) is 1.67. The maximum Gasteiger partial charge on any atom is 0.266 e. The van der Waals surface area contributed by atoms with Crippen molar-refractivity contribution in [1.29, 1.82) is 0 Å². The average molecular weight is 315 g/mol. The summed E-state index contributed by atoms with van der Waals surface area (Å²) in [6.07, 6.45) is -0.187. The summed E-state index contributed by atoms with van der Waals surface area (Å²) in [6, 6.07) is 0. The molecule has 7 nitrogen and oxygen atoms in total. The Morgan fingerprint density at radius 3 is 2.41 bits per heavy atom. The number of nitrogens with one attached hydrogen (secondary N) is 3. The lowest BCUT2D eigenvalue weighted by molar-refractivity contribution is 0.0257. The van der Waals surface area contributed by atoms with Crippen molar-refractivity contribution in [3.63, 3.8) is 0 Å². The first-order valence-electron chi connectivity index (χ1n) is 7.12. The molecule has 124 valence electrons. The van der Waals surface area contributed by atoms with Gasteiger partial charge in [0, 0.05) is 25.6 Å². The van der Waals surface area contributed by atoms with Crippen LogP contribution in [0.4, 0.5) is 32.1 Å². The average Bonchev–Trinajstić information content (AvgIpc) is 2.76. The highest BCUT2D eigenvalue weighted by Gasteiger charge is 2.40. The quantitative estimate of drug-likeness (QED) is 0.498. The molecule has 0 aliphatic carbocycles. The maximum absolute atomic E-state index is 13.5. The van der Waals surface area contributed by atoms with Crippen molar-refractivity contribution in [3.8, 4) is 0 Å². The molecule has 1 aromatic heterocycles. The van der Waals surface area contributed by atoms with E-state index in [1.807, 2.05) is 20.8 Å². The normalized spacial score (nSPS) is 17.5. The van der Waals surface area contributed by atoms with Gasteiger partial charge in [0.2, 0.25) is 5.95 Å². The summed E-state index contributed by atoms with van der Waals surface area (Å²) in [4.78, 5) is 10.2. The van der Waals surface area contributed by atoms with Crippen LogP contribution in [-0.2, 0) is 0 Å². The van der Waals surface area contributed by atoms with Crippen LogP contribution in [-0.4, -0.2) is 41.6 Å². The second-order valence-corrected chi connectivity index (χ2v) is 6.39. The number of alkyl halides is 2. The smallest absolute Gasteiger partial charge is 0.266 e. The van der Waals surface area contributed by atoms with Crippen LogP contribution in [0.2, 0.25) is 0 Å². The second kappa shape index (κ2) is 5.71. The van der Waals surface area contributed by atoms with Crippen LogP contribution in [0, 0.1) is 0 Å². The van der Waals surface area contributed by atoms with E-state index < -0.39 is 5.92 Å². The number of rotatable bonds is 4. The number of halogens is 2. The largest absolute Gasteiger partial charge is 0.382 e. The fourth-order valence-electron chi connectivity index (χ4n) is 2.32. The van der Waals surface area contributed by atoms with E-state index in [1.54, 1.807) is 11.9 Å². The summed E-state index contributed by atoms with van der Waals surface area (Å²) in [5.74, 6) is 3.91. The number of hydrazine groups is 1. The lowest BCUT2D eigenvalue weighted by atomic mass is 10.1. The molecule has 1 aliphatic heterocycles. The molecule has 1 aliphatic rings. The minimum absolute atomic E-state index is 0.187. The summed E-state index contributed by atoms with van der Waals surface area (Å²) in [5.41, 5.74) is 2.72. The highest BCUT2D eigenvalue weighted by molar-refractivity contribution is 5.79. The van der Waals surface area contributed by atoms with E-state index in [1.165, 1.54) is 0 Å². The minimum Gasteiger partial charge on any atom is -0.382 e. The summed E-state index contributed by atoms with van der Waals surface area (Å²) in [5, 5.41) is 6.06. The maximum atomic E-state index is 13.5. The first-order chi connectivity index (χ1) is 10.1. The fraction of sp³-hybridized carbons (Fsp3) is 0.692. The van der Waals surface area contributed by atoms with Gasteiger partial charge in [-0.15, -0.1) is 0 Å². The highest BCUT2D eigenvalue weighted by atomic mass is 19.3. The van der Waals surface area contributed by atoms with Crippen LogP contribution >= 0.6 is 0 Å². The van der Waals surface area contributed by atoms with Crippen molar-refractivity contribution in [2.75, 3.05) is 41.1 Å². The molecule has 2 rings (SSSR count).